The fourth-order valence-electron chi connectivity index (χ4n) is 3.68. The van der Waals surface area contributed by atoms with Crippen LogP contribution < -0.4 is 0 Å². The average Bonchev–Trinajstić information content (AvgIpc) is 3.18. The Kier molecular flexibility index (Phi) is 5.83. The first-order chi connectivity index (χ1) is 14.1. The molecule has 150 valence electrons. The second kappa shape index (κ2) is 8.51. The smallest absolute Gasteiger partial charge is 0.257 e. The summed E-state index contributed by atoms with van der Waals surface area (Å²) in [6.45, 7) is 5.77. The predicted octanol–water partition coefficient (Wildman–Crippen LogP) is 4.72. The summed E-state index contributed by atoms with van der Waals surface area (Å²) < 4.78 is 8.84. The minimum absolute atomic E-state index is 0.0191. The van der Waals surface area contributed by atoms with Crippen molar-refractivity contribution in [3.05, 3.63) is 81.6 Å². The molecule has 5 nitrogen and oxygen atoms in total. The topological polar surface area (TPSA) is 47.4 Å². The molecule has 0 saturated carbocycles. The fourth-order valence-corrected chi connectivity index (χ4v) is 3.95. The number of hydrogen-bond acceptors (Lipinski definition) is 3. The van der Waals surface area contributed by atoms with Gasteiger partial charge >= 0.3 is 0 Å². The molecule has 0 bridgehead atoms. The predicted molar refractivity (Wildman–Crippen MR) is 116 cm³/mol. The average molecular weight is 454 g/mol. The van der Waals surface area contributed by atoms with Crippen molar-refractivity contribution >= 4 is 21.8 Å². The molecule has 4 rings (SSSR count). The van der Waals surface area contributed by atoms with Crippen molar-refractivity contribution < 1.29 is 9.53 Å². The number of aromatic nitrogens is 2. The third kappa shape index (κ3) is 4.14. The maximum absolute atomic E-state index is 13.3. The lowest BCUT2D eigenvalue weighted by atomic mass is 10.1. The van der Waals surface area contributed by atoms with E-state index in [1.54, 1.807) is 6.20 Å². The number of nitrogens with zero attached hydrogens (tertiary/aromatic N) is 3. The van der Waals surface area contributed by atoms with Crippen LogP contribution in [0.4, 0.5) is 0 Å². The molecule has 0 radical (unpaired) electrons. The van der Waals surface area contributed by atoms with E-state index in [0.717, 1.165) is 27.8 Å². The van der Waals surface area contributed by atoms with Crippen LogP contribution in [0.25, 0.3) is 5.69 Å². The van der Waals surface area contributed by atoms with Crippen LogP contribution in [-0.4, -0.2) is 40.3 Å². The molecule has 0 aliphatic carbocycles. The van der Waals surface area contributed by atoms with Crippen LogP contribution >= 0.6 is 15.9 Å². The van der Waals surface area contributed by atoms with E-state index >= 15 is 0 Å². The van der Waals surface area contributed by atoms with Crippen LogP contribution in [-0.2, 0) is 11.2 Å². The van der Waals surface area contributed by atoms with Crippen molar-refractivity contribution in [3.8, 4) is 5.69 Å². The summed E-state index contributed by atoms with van der Waals surface area (Å²) in [7, 11) is 0. The molecular formula is C23H24BrN3O2. The molecule has 1 fully saturated rings. The van der Waals surface area contributed by atoms with E-state index in [0.29, 0.717) is 25.3 Å². The third-order valence-electron chi connectivity index (χ3n) is 5.31. The highest BCUT2D eigenvalue weighted by Gasteiger charge is 2.28. The zero-order valence-corrected chi connectivity index (χ0v) is 18.2. The van der Waals surface area contributed by atoms with Gasteiger partial charge in [0.2, 0.25) is 0 Å². The number of benzene rings is 2. The minimum Gasteiger partial charge on any atom is -0.370 e. The molecule has 0 spiro atoms. The van der Waals surface area contributed by atoms with Crippen molar-refractivity contribution in [2.45, 2.75) is 26.4 Å². The Hall–Kier alpha value is -2.44. The quantitative estimate of drug-likeness (QED) is 0.573. The molecule has 2 heterocycles. The van der Waals surface area contributed by atoms with Crippen molar-refractivity contribution in [1.82, 2.24) is 14.7 Å². The van der Waals surface area contributed by atoms with Gasteiger partial charge in [0.1, 0.15) is 6.10 Å². The molecule has 1 aliphatic rings. The molecule has 1 unspecified atom stereocenters. The van der Waals surface area contributed by atoms with Gasteiger partial charge in [0.15, 0.2) is 0 Å². The maximum atomic E-state index is 13.3. The van der Waals surface area contributed by atoms with Gasteiger partial charge in [-0.2, -0.15) is 5.10 Å². The van der Waals surface area contributed by atoms with Crippen molar-refractivity contribution in [3.63, 3.8) is 0 Å². The highest BCUT2D eigenvalue weighted by molar-refractivity contribution is 9.10. The summed E-state index contributed by atoms with van der Waals surface area (Å²) in [5, 5.41) is 4.52. The molecule has 1 saturated heterocycles. The lowest BCUT2D eigenvalue weighted by Crippen LogP contribution is -2.42. The Morgan fingerprint density at radius 1 is 1.17 bits per heavy atom. The van der Waals surface area contributed by atoms with E-state index in [4.69, 9.17) is 4.74 Å². The number of amides is 1. The van der Waals surface area contributed by atoms with Crippen molar-refractivity contribution in [2.75, 3.05) is 19.7 Å². The van der Waals surface area contributed by atoms with Gasteiger partial charge in [0, 0.05) is 11.0 Å². The van der Waals surface area contributed by atoms with Crippen LogP contribution in [0, 0.1) is 6.92 Å². The molecule has 1 amide bonds. The summed E-state index contributed by atoms with van der Waals surface area (Å²) in [5.41, 5.74) is 4.86. The van der Waals surface area contributed by atoms with Gasteiger partial charge in [-0.05, 0) is 43.2 Å². The van der Waals surface area contributed by atoms with E-state index in [1.165, 1.54) is 5.56 Å². The van der Waals surface area contributed by atoms with Crippen LogP contribution in [0.3, 0.4) is 0 Å². The van der Waals surface area contributed by atoms with E-state index in [9.17, 15) is 4.79 Å². The van der Waals surface area contributed by atoms with Gasteiger partial charge in [-0.25, -0.2) is 4.68 Å². The Bertz CT molecular complexity index is 996. The number of morpholine rings is 1. The van der Waals surface area contributed by atoms with Crippen molar-refractivity contribution in [1.29, 1.82) is 0 Å². The zero-order chi connectivity index (χ0) is 20.4. The number of carbonyl (C=O) groups excluding carboxylic acids is 1. The second-order valence-corrected chi connectivity index (χ2v) is 8.18. The van der Waals surface area contributed by atoms with Gasteiger partial charge in [-0.3, -0.25) is 4.79 Å². The number of rotatable bonds is 4. The summed E-state index contributed by atoms with van der Waals surface area (Å²) >= 11 is 3.46. The number of aryl methyl sites for hydroxylation is 1. The first-order valence-electron chi connectivity index (χ1n) is 9.87. The molecule has 0 N–H and O–H groups in total. The summed E-state index contributed by atoms with van der Waals surface area (Å²) in [4.78, 5) is 15.2. The third-order valence-corrected chi connectivity index (χ3v) is 5.84. The zero-order valence-electron chi connectivity index (χ0n) is 16.6. The van der Waals surface area contributed by atoms with Crippen LogP contribution in [0.2, 0.25) is 0 Å². The Morgan fingerprint density at radius 2 is 1.90 bits per heavy atom. The largest absolute Gasteiger partial charge is 0.370 e. The van der Waals surface area contributed by atoms with E-state index in [2.05, 4.69) is 47.0 Å². The van der Waals surface area contributed by atoms with Crippen molar-refractivity contribution in [2.24, 2.45) is 0 Å². The van der Waals surface area contributed by atoms with E-state index in [1.807, 2.05) is 46.0 Å². The Morgan fingerprint density at radius 3 is 2.59 bits per heavy atom. The van der Waals surface area contributed by atoms with Gasteiger partial charge in [-0.15, -0.1) is 0 Å². The number of ether oxygens (including phenoxy) is 1. The maximum Gasteiger partial charge on any atom is 0.257 e. The van der Waals surface area contributed by atoms with Gasteiger partial charge in [0.05, 0.1) is 36.3 Å². The van der Waals surface area contributed by atoms with Crippen LogP contribution in [0.15, 0.2) is 59.2 Å². The van der Waals surface area contributed by atoms with Crippen LogP contribution in [0.1, 0.15) is 40.2 Å². The summed E-state index contributed by atoms with van der Waals surface area (Å²) in [5.74, 6) is 0.0191. The lowest BCUT2D eigenvalue weighted by Gasteiger charge is -2.33. The van der Waals surface area contributed by atoms with E-state index in [-0.39, 0.29) is 12.0 Å². The van der Waals surface area contributed by atoms with Crippen LogP contribution in [0.5, 0.6) is 0 Å². The first-order valence-corrected chi connectivity index (χ1v) is 10.7. The highest BCUT2D eigenvalue weighted by Crippen LogP contribution is 2.26. The SMILES string of the molecule is CCc1c(C(=O)N2CCOC(c3ccc(Br)cc3)C2)cnn1-c1ccc(C)cc1. The Balaban J connectivity index is 1.57. The molecule has 29 heavy (non-hydrogen) atoms. The summed E-state index contributed by atoms with van der Waals surface area (Å²) in [6, 6.07) is 16.3. The normalized spacial score (nSPS) is 16.8. The van der Waals surface area contributed by atoms with E-state index < -0.39 is 0 Å². The molecule has 1 aliphatic heterocycles. The van der Waals surface area contributed by atoms with Gasteiger partial charge < -0.3 is 9.64 Å². The second-order valence-electron chi connectivity index (χ2n) is 7.27. The number of carbonyl (C=O) groups is 1. The summed E-state index contributed by atoms with van der Waals surface area (Å²) in [6.07, 6.45) is 2.32. The molecule has 6 heteroatoms. The number of halogens is 1. The minimum atomic E-state index is -0.113. The lowest BCUT2D eigenvalue weighted by molar-refractivity contribution is -0.0228. The standard InChI is InChI=1S/C23H24BrN3O2/c1-3-21-20(14-25-27(21)19-10-4-16(2)5-11-19)23(28)26-12-13-29-22(15-26)17-6-8-18(24)9-7-17/h4-11,14,22H,3,12-13,15H2,1-2H3. The van der Waals surface area contributed by atoms with Gasteiger partial charge in [-0.1, -0.05) is 52.7 Å². The molecule has 1 aromatic heterocycles. The monoisotopic (exact) mass is 453 g/mol. The molecule has 1 atom stereocenters. The van der Waals surface area contributed by atoms with Gasteiger partial charge in [0.25, 0.3) is 5.91 Å². The number of hydrogen-bond donors (Lipinski definition) is 0. The molecular weight excluding hydrogens is 430 g/mol. The fraction of sp³-hybridized carbons (Fsp3) is 0.304. The first kappa shape index (κ1) is 19.9. The Labute approximate surface area is 179 Å². The molecule has 3 aromatic rings. The molecule has 2 aromatic carbocycles. The highest BCUT2D eigenvalue weighted by atomic mass is 79.9.